The third kappa shape index (κ3) is 3.34. The van der Waals surface area contributed by atoms with Gasteiger partial charge in [0.1, 0.15) is 11.7 Å². The molecule has 124 valence electrons. The molecule has 2 fully saturated rings. The third-order valence-electron chi connectivity index (χ3n) is 4.59. The molecule has 1 aliphatic carbocycles. The minimum absolute atomic E-state index is 0.0798. The van der Waals surface area contributed by atoms with Crippen LogP contribution in [0.5, 0.6) is 0 Å². The number of hydrogen-bond acceptors (Lipinski definition) is 2. The van der Waals surface area contributed by atoms with E-state index in [-0.39, 0.29) is 42.0 Å². The number of carbonyl (C=O) groups is 2. The van der Waals surface area contributed by atoms with Gasteiger partial charge in [0.05, 0.1) is 6.04 Å². The average Bonchev–Trinajstić information content (AvgIpc) is 3.32. The lowest BCUT2D eigenvalue weighted by atomic mass is 10.0. The number of aryl methyl sites for hydroxylation is 1. The second kappa shape index (κ2) is 6.48. The van der Waals surface area contributed by atoms with Gasteiger partial charge in [0.2, 0.25) is 11.8 Å². The SMILES string of the molecule is Cc1cccc(CN(C(=O)CCl)C2CN(C(=O)C3CC3)C2)c1F. The first kappa shape index (κ1) is 16.2. The van der Waals surface area contributed by atoms with Gasteiger partial charge in [-0.1, -0.05) is 18.2 Å². The number of nitrogens with zero attached hydrogens (tertiary/aromatic N) is 2. The van der Waals surface area contributed by atoms with E-state index < -0.39 is 0 Å². The van der Waals surface area contributed by atoms with Gasteiger partial charge in [-0.15, -0.1) is 11.6 Å². The fourth-order valence-electron chi connectivity index (χ4n) is 2.93. The highest BCUT2D eigenvalue weighted by Gasteiger charge is 2.42. The number of benzene rings is 1. The quantitative estimate of drug-likeness (QED) is 0.773. The summed E-state index contributed by atoms with van der Waals surface area (Å²) in [5, 5.41) is 0. The number of alkyl halides is 1. The van der Waals surface area contributed by atoms with Gasteiger partial charge in [0.25, 0.3) is 0 Å². The Morgan fingerprint density at radius 2 is 2.04 bits per heavy atom. The number of amides is 2. The number of likely N-dealkylation sites (tertiary alicyclic amines) is 1. The highest BCUT2D eigenvalue weighted by Crippen LogP contribution is 2.33. The van der Waals surface area contributed by atoms with Crippen molar-refractivity contribution in [3.05, 3.63) is 35.1 Å². The Kier molecular flexibility index (Phi) is 4.57. The van der Waals surface area contributed by atoms with Crippen molar-refractivity contribution in [2.45, 2.75) is 32.4 Å². The Morgan fingerprint density at radius 1 is 1.35 bits per heavy atom. The maximum absolute atomic E-state index is 14.2. The van der Waals surface area contributed by atoms with E-state index in [1.54, 1.807) is 34.9 Å². The van der Waals surface area contributed by atoms with Gasteiger partial charge in [-0.25, -0.2) is 4.39 Å². The third-order valence-corrected chi connectivity index (χ3v) is 4.82. The Bertz CT molecular complexity index is 627. The number of rotatable bonds is 5. The molecule has 0 spiro atoms. The molecule has 0 atom stereocenters. The van der Waals surface area contributed by atoms with Gasteiger partial charge in [-0.3, -0.25) is 9.59 Å². The molecule has 1 saturated carbocycles. The van der Waals surface area contributed by atoms with Crippen LogP contribution in [-0.2, 0) is 16.1 Å². The van der Waals surface area contributed by atoms with Crippen LogP contribution in [-0.4, -0.2) is 46.6 Å². The van der Waals surface area contributed by atoms with Gasteiger partial charge in [-0.05, 0) is 25.3 Å². The van der Waals surface area contributed by atoms with E-state index in [1.807, 2.05) is 0 Å². The lowest BCUT2D eigenvalue weighted by molar-refractivity contribution is -0.147. The van der Waals surface area contributed by atoms with Crippen LogP contribution in [0.15, 0.2) is 18.2 Å². The molecule has 1 aromatic carbocycles. The molecule has 1 saturated heterocycles. The summed E-state index contributed by atoms with van der Waals surface area (Å²) < 4.78 is 14.2. The largest absolute Gasteiger partial charge is 0.338 e. The first-order valence-electron chi connectivity index (χ1n) is 7.89. The van der Waals surface area contributed by atoms with Crippen LogP contribution >= 0.6 is 11.6 Å². The summed E-state index contributed by atoms with van der Waals surface area (Å²) in [5.41, 5.74) is 1.04. The van der Waals surface area contributed by atoms with Gasteiger partial charge in [0.15, 0.2) is 0 Å². The number of hydrogen-bond donors (Lipinski definition) is 0. The van der Waals surface area contributed by atoms with Crippen LogP contribution in [0.2, 0.25) is 0 Å². The summed E-state index contributed by atoms with van der Waals surface area (Å²) in [4.78, 5) is 27.5. The van der Waals surface area contributed by atoms with Crippen LogP contribution in [0.1, 0.15) is 24.0 Å². The van der Waals surface area contributed by atoms with Crippen molar-refractivity contribution in [3.8, 4) is 0 Å². The van der Waals surface area contributed by atoms with E-state index in [9.17, 15) is 14.0 Å². The van der Waals surface area contributed by atoms with Crippen LogP contribution in [0, 0.1) is 18.7 Å². The van der Waals surface area contributed by atoms with E-state index in [0.29, 0.717) is 24.2 Å². The zero-order valence-electron chi connectivity index (χ0n) is 13.1. The lowest BCUT2D eigenvalue weighted by Gasteiger charge is -2.45. The fraction of sp³-hybridized carbons (Fsp3) is 0.529. The first-order chi connectivity index (χ1) is 11.0. The molecule has 3 rings (SSSR count). The van der Waals surface area contributed by atoms with Crippen molar-refractivity contribution in [1.29, 1.82) is 0 Å². The molecule has 4 nitrogen and oxygen atoms in total. The first-order valence-corrected chi connectivity index (χ1v) is 8.43. The van der Waals surface area contributed by atoms with Crippen LogP contribution < -0.4 is 0 Å². The molecule has 23 heavy (non-hydrogen) atoms. The van der Waals surface area contributed by atoms with Crippen LogP contribution in [0.3, 0.4) is 0 Å². The molecule has 0 unspecified atom stereocenters. The summed E-state index contributed by atoms with van der Waals surface area (Å²) in [5.74, 6) is -0.287. The fourth-order valence-corrected chi connectivity index (χ4v) is 3.09. The Balaban J connectivity index is 1.68. The molecular formula is C17H20ClFN2O2. The molecule has 0 N–H and O–H groups in total. The van der Waals surface area contributed by atoms with Crippen molar-refractivity contribution in [1.82, 2.24) is 9.80 Å². The molecule has 1 aliphatic heterocycles. The second-order valence-electron chi connectivity index (χ2n) is 6.37. The van der Waals surface area contributed by atoms with E-state index in [0.717, 1.165) is 12.8 Å². The van der Waals surface area contributed by atoms with Gasteiger partial charge in [-0.2, -0.15) is 0 Å². The predicted octanol–water partition coefficient (Wildman–Crippen LogP) is 2.32. The van der Waals surface area contributed by atoms with Gasteiger partial charge < -0.3 is 9.80 Å². The molecule has 1 aromatic rings. The van der Waals surface area contributed by atoms with Gasteiger partial charge in [0, 0.05) is 31.1 Å². The maximum atomic E-state index is 14.2. The summed E-state index contributed by atoms with van der Waals surface area (Å²) in [6, 6.07) is 5.08. The Morgan fingerprint density at radius 3 is 2.65 bits per heavy atom. The predicted molar refractivity (Wildman–Crippen MR) is 85.5 cm³/mol. The highest BCUT2D eigenvalue weighted by molar-refractivity contribution is 6.27. The maximum Gasteiger partial charge on any atom is 0.238 e. The molecule has 0 radical (unpaired) electrons. The van der Waals surface area contributed by atoms with Crippen molar-refractivity contribution >= 4 is 23.4 Å². The van der Waals surface area contributed by atoms with E-state index >= 15 is 0 Å². The van der Waals surface area contributed by atoms with Crippen molar-refractivity contribution in [2.24, 2.45) is 5.92 Å². The molecule has 1 heterocycles. The molecular weight excluding hydrogens is 319 g/mol. The monoisotopic (exact) mass is 338 g/mol. The molecule has 6 heteroatoms. The van der Waals surface area contributed by atoms with Crippen LogP contribution in [0.25, 0.3) is 0 Å². The molecule has 2 aliphatic rings. The highest BCUT2D eigenvalue weighted by atomic mass is 35.5. The minimum Gasteiger partial charge on any atom is -0.338 e. The zero-order valence-corrected chi connectivity index (χ0v) is 13.9. The summed E-state index contributed by atoms with van der Waals surface area (Å²) in [6.07, 6.45) is 1.94. The minimum atomic E-state index is -0.287. The number of halogens is 2. The van der Waals surface area contributed by atoms with E-state index in [2.05, 4.69) is 0 Å². The number of carbonyl (C=O) groups excluding carboxylic acids is 2. The van der Waals surface area contributed by atoms with Gasteiger partial charge >= 0.3 is 0 Å². The molecule has 2 amide bonds. The molecule has 0 bridgehead atoms. The zero-order chi connectivity index (χ0) is 16.6. The molecule has 0 aromatic heterocycles. The average molecular weight is 339 g/mol. The van der Waals surface area contributed by atoms with Crippen molar-refractivity contribution in [2.75, 3.05) is 19.0 Å². The standard InChI is InChI=1S/C17H20ClFN2O2/c1-11-3-2-4-13(16(11)19)8-21(15(22)7-18)14-9-20(10-14)17(23)12-5-6-12/h2-4,12,14H,5-10H2,1H3. The van der Waals surface area contributed by atoms with E-state index in [4.69, 9.17) is 11.6 Å². The Labute approximate surface area is 140 Å². The summed E-state index contributed by atoms with van der Waals surface area (Å²) in [6.45, 7) is 2.93. The summed E-state index contributed by atoms with van der Waals surface area (Å²) >= 11 is 5.70. The second-order valence-corrected chi connectivity index (χ2v) is 6.64. The summed E-state index contributed by atoms with van der Waals surface area (Å²) in [7, 11) is 0. The van der Waals surface area contributed by atoms with Crippen LogP contribution in [0.4, 0.5) is 4.39 Å². The smallest absolute Gasteiger partial charge is 0.238 e. The van der Waals surface area contributed by atoms with Crippen molar-refractivity contribution in [3.63, 3.8) is 0 Å². The van der Waals surface area contributed by atoms with Crippen molar-refractivity contribution < 1.29 is 14.0 Å². The normalized spacial score (nSPS) is 17.8. The van der Waals surface area contributed by atoms with E-state index in [1.165, 1.54) is 0 Å². The Hall–Kier alpha value is -1.62. The topological polar surface area (TPSA) is 40.6 Å². The lowest BCUT2D eigenvalue weighted by Crippen LogP contribution is -2.62.